The van der Waals surface area contributed by atoms with Crippen molar-refractivity contribution in [1.29, 1.82) is 0 Å². The van der Waals surface area contributed by atoms with Gasteiger partial charge in [-0.05, 0) is 66.1 Å². The second-order valence-corrected chi connectivity index (χ2v) is 9.63. The van der Waals surface area contributed by atoms with Gasteiger partial charge in [-0.3, -0.25) is 9.59 Å². The van der Waals surface area contributed by atoms with Crippen molar-refractivity contribution in [2.75, 3.05) is 25.2 Å². The third-order valence-electron chi connectivity index (χ3n) is 5.78. The van der Waals surface area contributed by atoms with Gasteiger partial charge >= 0.3 is 0 Å². The van der Waals surface area contributed by atoms with Crippen molar-refractivity contribution < 1.29 is 19.1 Å². The van der Waals surface area contributed by atoms with E-state index in [-0.39, 0.29) is 30.6 Å². The first-order valence-corrected chi connectivity index (χ1v) is 11.7. The number of nitrogens with two attached hydrogens (primary N) is 1. The third kappa shape index (κ3) is 5.93. The molecule has 0 saturated carbocycles. The summed E-state index contributed by atoms with van der Waals surface area (Å²) in [5.41, 5.74) is 7.98. The van der Waals surface area contributed by atoms with Gasteiger partial charge in [0.05, 0.1) is 0 Å². The van der Waals surface area contributed by atoms with Gasteiger partial charge in [0.25, 0.3) is 11.8 Å². The fourth-order valence-electron chi connectivity index (χ4n) is 3.76. The Morgan fingerprint density at radius 1 is 1.00 bits per heavy atom. The molecule has 1 aliphatic rings. The number of amides is 2. The molecule has 0 saturated heterocycles. The van der Waals surface area contributed by atoms with Gasteiger partial charge in [0.1, 0.15) is 0 Å². The van der Waals surface area contributed by atoms with Crippen LogP contribution in [-0.2, 0) is 6.54 Å². The first-order valence-electron chi connectivity index (χ1n) is 11.3. The largest absolute Gasteiger partial charge is 0.454 e. The number of hydrogen-bond donors (Lipinski definition) is 2. The van der Waals surface area contributed by atoms with E-state index in [4.69, 9.17) is 26.8 Å². The Kier molecular flexibility index (Phi) is 7.28. The van der Waals surface area contributed by atoms with Crippen LogP contribution in [0.1, 0.15) is 40.1 Å². The number of nitrogens with zero attached hydrogens (tertiary/aromatic N) is 1. The topological polar surface area (TPSA) is 93.9 Å². The van der Waals surface area contributed by atoms with E-state index in [1.165, 1.54) is 0 Å². The van der Waals surface area contributed by atoms with E-state index in [1.807, 2.05) is 32.0 Å². The van der Waals surface area contributed by atoms with Crippen LogP contribution in [0.15, 0.2) is 66.7 Å². The van der Waals surface area contributed by atoms with Crippen molar-refractivity contribution >= 4 is 29.1 Å². The normalized spacial score (nSPS) is 12.3. The van der Waals surface area contributed by atoms with Gasteiger partial charge in [-0.2, -0.15) is 0 Å². The Bertz CT molecular complexity index is 1230. The molecule has 0 atom stereocenters. The molecule has 8 heteroatoms. The van der Waals surface area contributed by atoms with Gasteiger partial charge in [0.2, 0.25) is 6.79 Å². The highest BCUT2D eigenvalue weighted by Gasteiger charge is 2.25. The van der Waals surface area contributed by atoms with Crippen molar-refractivity contribution in [1.82, 2.24) is 4.90 Å². The Morgan fingerprint density at radius 3 is 2.49 bits per heavy atom. The average Bonchev–Trinajstić information content (AvgIpc) is 3.33. The lowest BCUT2D eigenvalue weighted by molar-refractivity contribution is 0.0673. The predicted molar refractivity (Wildman–Crippen MR) is 136 cm³/mol. The molecule has 0 spiro atoms. The zero-order valence-electron chi connectivity index (χ0n) is 19.7. The number of carbonyl (C=O) groups excluding carboxylic acids is 2. The van der Waals surface area contributed by atoms with Crippen LogP contribution in [0.4, 0.5) is 5.69 Å². The Balaban J connectivity index is 1.55. The lowest BCUT2D eigenvalue weighted by Crippen LogP contribution is -2.41. The molecule has 3 aromatic carbocycles. The number of anilines is 1. The average molecular weight is 494 g/mol. The number of rotatable bonds is 8. The highest BCUT2D eigenvalue weighted by molar-refractivity contribution is 6.31. The van der Waals surface area contributed by atoms with Crippen molar-refractivity contribution in [3.8, 4) is 11.5 Å². The number of benzene rings is 3. The van der Waals surface area contributed by atoms with Crippen LogP contribution in [-0.4, -0.2) is 36.6 Å². The maximum absolute atomic E-state index is 13.3. The minimum absolute atomic E-state index is 0.113. The van der Waals surface area contributed by atoms with Crippen LogP contribution >= 0.6 is 11.6 Å². The molecule has 0 fully saturated rings. The van der Waals surface area contributed by atoms with Gasteiger partial charge < -0.3 is 25.4 Å². The standard InChI is InChI=1S/C27H28ClN3O4/c1-27(2,15-29)16-31(26(33)18-6-4-3-5-7-18)14-20-12-21(9-10-22(20)28)30-25(32)19-8-11-23-24(13-19)35-17-34-23/h3-13H,14-17,29H2,1-2H3,(H,30,32). The zero-order chi connectivity index (χ0) is 25.0. The van der Waals surface area contributed by atoms with E-state index in [2.05, 4.69) is 5.32 Å². The summed E-state index contributed by atoms with van der Waals surface area (Å²) in [6.45, 7) is 5.31. The molecule has 1 heterocycles. The van der Waals surface area contributed by atoms with Crippen molar-refractivity contribution in [2.24, 2.45) is 11.1 Å². The SMILES string of the molecule is CC(C)(CN)CN(Cc1cc(NC(=O)c2ccc3c(c2)OCO3)ccc1Cl)C(=O)c1ccccc1. The van der Waals surface area contributed by atoms with E-state index < -0.39 is 0 Å². The summed E-state index contributed by atoms with van der Waals surface area (Å²) in [6, 6.07) is 19.4. The zero-order valence-corrected chi connectivity index (χ0v) is 20.5. The maximum Gasteiger partial charge on any atom is 0.255 e. The molecule has 3 aromatic rings. The Morgan fingerprint density at radius 2 is 1.74 bits per heavy atom. The van der Waals surface area contributed by atoms with Crippen LogP contribution in [0.5, 0.6) is 11.5 Å². The predicted octanol–water partition coefficient (Wildman–Crippen LogP) is 4.95. The number of carbonyl (C=O) groups is 2. The summed E-state index contributed by atoms with van der Waals surface area (Å²) in [5.74, 6) is 0.738. The summed E-state index contributed by atoms with van der Waals surface area (Å²) in [6.07, 6.45) is 0. The maximum atomic E-state index is 13.3. The van der Waals surface area contributed by atoms with E-state index in [0.717, 1.165) is 0 Å². The van der Waals surface area contributed by atoms with E-state index in [0.29, 0.717) is 52.0 Å². The van der Waals surface area contributed by atoms with Crippen molar-refractivity contribution in [3.63, 3.8) is 0 Å². The molecule has 0 aromatic heterocycles. The first-order chi connectivity index (χ1) is 16.8. The van der Waals surface area contributed by atoms with Gasteiger partial charge in [-0.15, -0.1) is 0 Å². The van der Waals surface area contributed by atoms with Crippen molar-refractivity contribution in [2.45, 2.75) is 20.4 Å². The molecule has 1 aliphatic heterocycles. The molecule has 7 nitrogen and oxygen atoms in total. The van der Waals surface area contributed by atoms with Crippen LogP contribution in [0.25, 0.3) is 0 Å². The minimum atomic E-state index is -0.293. The quantitative estimate of drug-likeness (QED) is 0.463. The number of hydrogen-bond acceptors (Lipinski definition) is 5. The molecule has 182 valence electrons. The summed E-state index contributed by atoms with van der Waals surface area (Å²) in [4.78, 5) is 27.9. The molecule has 0 radical (unpaired) electrons. The highest BCUT2D eigenvalue weighted by Crippen LogP contribution is 2.33. The lowest BCUT2D eigenvalue weighted by atomic mass is 9.92. The molecular weight excluding hydrogens is 466 g/mol. The van der Waals surface area contributed by atoms with E-state index in [9.17, 15) is 9.59 Å². The van der Waals surface area contributed by atoms with Gasteiger partial charge in [0, 0.05) is 34.9 Å². The van der Waals surface area contributed by atoms with E-state index in [1.54, 1.807) is 53.4 Å². The summed E-state index contributed by atoms with van der Waals surface area (Å²) in [5, 5.41) is 3.40. The van der Waals surface area contributed by atoms with Crippen LogP contribution < -0.4 is 20.5 Å². The van der Waals surface area contributed by atoms with Crippen molar-refractivity contribution in [3.05, 3.63) is 88.4 Å². The smallest absolute Gasteiger partial charge is 0.255 e. The molecule has 0 bridgehead atoms. The van der Waals surface area contributed by atoms with Gasteiger partial charge in [0.15, 0.2) is 11.5 Å². The molecule has 0 unspecified atom stereocenters. The molecule has 3 N–H and O–H groups in total. The number of ether oxygens (including phenoxy) is 2. The molecular formula is C27H28ClN3O4. The summed E-state index contributed by atoms with van der Waals surface area (Å²) < 4.78 is 10.7. The number of fused-ring (bicyclic) bond motifs is 1. The highest BCUT2D eigenvalue weighted by atomic mass is 35.5. The number of halogens is 1. The second-order valence-electron chi connectivity index (χ2n) is 9.22. The van der Waals surface area contributed by atoms with E-state index >= 15 is 0 Å². The Labute approximate surface area is 209 Å². The fourth-order valence-corrected chi connectivity index (χ4v) is 3.94. The lowest BCUT2D eigenvalue weighted by Gasteiger charge is -2.32. The third-order valence-corrected chi connectivity index (χ3v) is 6.15. The second kappa shape index (κ2) is 10.4. The minimum Gasteiger partial charge on any atom is -0.454 e. The van der Waals surface area contributed by atoms with Gasteiger partial charge in [-0.1, -0.05) is 43.6 Å². The molecule has 35 heavy (non-hydrogen) atoms. The Hall–Kier alpha value is -3.55. The van der Waals surface area contributed by atoms with Gasteiger partial charge in [-0.25, -0.2) is 0 Å². The fraction of sp³-hybridized carbons (Fsp3) is 0.259. The molecule has 0 aliphatic carbocycles. The van der Waals surface area contributed by atoms with Crippen LogP contribution in [0.2, 0.25) is 5.02 Å². The monoisotopic (exact) mass is 493 g/mol. The molecule has 2 amide bonds. The first kappa shape index (κ1) is 24.6. The summed E-state index contributed by atoms with van der Waals surface area (Å²) in [7, 11) is 0. The molecule has 4 rings (SSSR count). The van der Waals surface area contributed by atoms with Crippen LogP contribution in [0.3, 0.4) is 0 Å². The van der Waals surface area contributed by atoms with Crippen LogP contribution in [0, 0.1) is 5.41 Å². The number of nitrogens with one attached hydrogen (secondary N) is 1. The summed E-state index contributed by atoms with van der Waals surface area (Å²) >= 11 is 6.51.